The van der Waals surface area contributed by atoms with Gasteiger partial charge in [0.1, 0.15) is 5.60 Å². The number of hydrogen-bond donors (Lipinski definition) is 1. The van der Waals surface area contributed by atoms with E-state index < -0.39 is 17.7 Å². The van der Waals surface area contributed by atoms with Crippen molar-refractivity contribution in [3.05, 3.63) is 17.5 Å². The van der Waals surface area contributed by atoms with E-state index in [1.165, 1.54) is 11.1 Å². The maximum Gasteiger partial charge on any atom is 0.410 e. The highest BCUT2D eigenvalue weighted by atomic mass is 16.6. The molecule has 1 aliphatic rings. The number of nitrogens with zero attached hydrogens (tertiary/aromatic N) is 2. The van der Waals surface area contributed by atoms with E-state index in [-0.39, 0.29) is 11.8 Å². The molecular formula is C13H18N2O5. The van der Waals surface area contributed by atoms with E-state index in [2.05, 4.69) is 5.16 Å². The molecule has 2 rings (SSSR count). The zero-order valence-electron chi connectivity index (χ0n) is 11.8. The lowest BCUT2D eigenvalue weighted by Gasteiger charge is -2.28. The summed E-state index contributed by atoms with van der Waals surface area (Å²) < 4.78 is 10.1. The first kappa shape index (κ1) is 14.4. The Labute approximate surface area is 116 Å². The Morgan fingerprint density at radius 1 is 1.50 bits per heavy atom. The molecule has 2 heterocycles. The summed E-state index contributed by atoms with van der Waals surface area (Å²) in [6, 6.07) is -0.359. The van der Waals surface area contributed by atoms with E-state index in [1.54, 1.807) is 20.8 Å². The lowest BCUT2D eigenvalue weighted by molar-refractivity contribution is 0.0221. The smallest absolute Gasteiger partial charge is 0.410 e. The maximum atomic E-state index is 12.2. The molecule has 1 amide bonds. The van der Waals surface area contributed by atoms with Gasteiger partial charge in [0, 0.05) is 12.1 Å². The molecule has 7 nitrogen and oxygen atoms in total. The first-order valence-corrected chi connectivity index (χ1v) is 6.47. The molecular weight excluding hydrogens is 264 g/mol. The van der Waals surface area contributed by atoms with Crippen LogP contribution in [0.2, 0.25) is 0 Å². The quantitative estimate of drug-likeness (QED) is 0.895. The van der Waals surface area contributed by atoms with Crippen LogP contribution in [0.15, 0.2) is 10.7 Å². The molecule has 1 aliphatic heterocycles. The Bertz CT molecular complexity index is 517. The summed E-state index contributed by atoms with van der Waals surface area (Å²) in [6.07, 6.45) is 2.36. The minimum absolute atomic E-state index is 0.217. The number of carbonyl (C=O) groups is 2. The SMILES string of the molecule is CC(C)(C)OC(=O)N1CCCC1c1cnoc1C(=O)O. The topological polar surface area (TPSA) is 92.9 Å². The summed E-state index contributed by atoms with van der Waals surface area (Å²) in [5, 5.41) is 12.6. The van der Waals surface area contributed by atoms with Gasteiger partial charge < -0.3 is 19.3 Å². The van der Waals surface area contributed by atoms with Crippen LogP contribution in [0.1, 0.15) is 55.8 Å². The molecule has 0 bridgehead atoms. The van der Waals surface area contributed by atoms with Crippen LogP contribution >= 0.6 is 0 Å². The molecule has 1 N–H and O–H groups in total. The highest BCUT2D eigenvalue weighted by Gasteiger charge is 2.36. The van der Waals surface area contributed by atoms with Gasteiger partial charge in [-0.25, -0.2) is 9.59 Å². The van der Waals surface area contributed by atoms with Crippen molar-refractivity contribution in [2.75, 3.05) is 6.54 Å². The maximum absolute atomic E-state index is 12.2. The molecule has 0 aromatic carbocycles. The van der Waals surface area contributed by atoms with E-state index in [0.717, 1.165) is 6.42 Å². The second-order valence-electron chi connectivity index (χ2n) is 5.75. The Hall–Kier alpha value is -2.05. The number of likely N-dealkylation sites (tertiary alicyclic amines) is 1. The van der Waals surface area contributed by atoms with Gasteiger partial charge in [-0.05, 0) is 33.6 Å². The van der Waals surface area contributed by atoms with E-state index >= 15 is 0 Å². The number of carbonyl (C=O) groups excluding carboxylic acids is 1. The van der Waals surface area contributed by atoms with Gasteiger partial charge in [0.15, 0.2) is 0 Å². The van der Waals surface area contributed by atoms with Gasteiger partial charge in [0.25, 0.3) is 0 Å². The van der Waals surface area contributed by atoms with Crippen LogP contribution in [0, 0.1) is 0 Å². The van der Waals surface area contributed by atoms with Gasteiger partial charge in [-0.15, -0.1) is 0 Å². The predicted molar refractivity (Wildman–Crippen MR) is 68.4 cm³/mol. The summed E-state index contributed by atoms with van der Waals surface area (Å²) in [5.74, 6) is -1.40. The Morgan fingerprint density at radius 2 is 2.20 bits per heavy atom. The molecule has 0 spiro atoms. The summed E-state index contributed by atoms with van der Waals surface area (Å²) in [5.41, 5.74) is -0.171. The molecule has 0 aliphatic carbocycles. The molecule has 1 aromatic heterocycles. The molecule has 0 radical (unpaired) electrons. The number of aromatic nitrogens is 1. The number of carboxylic acids is 1. The summed E-state index contributed by atoms with van der Waals surface area (Å²) in [6.45, 7) is 5.90. The zero-order valence-corrected chi connectivity index (χ0v) is 11.8. The van der Waals surface area contributed by atoms with Crippen LogP contribution in [0.3, 0.4) is 0 Å². The Balaban J connectivity index is 2.21. The summed E-state index contributed by atoms with van der Waals surface area (Å²) >= 11 is 0. The molecule has 1 atom stereocenters. The second kappa shape index (κ2) is 5.15. The van der Waals surface area contributed by atoms with E-state index in [0.29, 0.717) is 18.5 Å². The molecule has 20 heavy (non-hydrogen) atoms. The van der Waals surface area contributed by atoms with Crippen molar-refractivity contribution in [3.63, 3.8) is 0 Å². The molecule has 1 saturated heterocycles. The lowest BCUT2D eigenvalue weighted by atomic mass is 10.1. The minimum Gasteiger partial charge on any atom is -0.475 e. The summed E-state index contributed by atoms with van der Waals surface area (Å²) in [7, 11) is 0. The second-order valence-corrected chi connectivity index (χ2v) is 5.75. The van der Waals surface area contributed by atoms with Gasteiger partial charge in [0.05, 0.1) is 12.2 Å². The standard InChI is InChI=1S/C13H18N2O5/c1-13(2,3)19-12(18)15-6-4-5-9(15)8-7-14-20-10(8)11(16)17/h7,9H,4-6H2,1-3H3,(H,16,17). The number of rotatable bonds is 2. The van der Waals surface area contributed by atoms with Crippen molar-refractivity contribution in [2.24, 2.45) is 0 Å². The number of amides is 1. The van der Waals surface area contributed by atoms with Crippen molar-refractivity contribution in [1.29, 1.82) is 0 Å². The van der Waals surface area contributed by atoms with Crippen molar-refractivity contribution in [1.82, 2.24) is 10.1 Å². The third-order valence-electron chi connectivity index (χ3n) is 3.03. The first-order valence-electron chi connectivity index (χ1n) is 6.47. The van der Waals surface area contributed by atoms with Crippen molar-refractivity contribution in [3.8, 4) is 0 Å². The van der Waals surface area contributed by atoms with Gasteiger partial charge >= 0.3 is 12.1 Å². The number of hydrogen-bond acceptors (Lipinski definition) is 5. The third-order valence-corrected chi connectivity index (χ3v) is 3.03. The molecule has 110 valence electrons. The highest BCUT2D eigenvalue weighted by Crippen LogP contribution is 2.34. The fourth-order valence-corrected chi connectivity index (χ4v) is 2.28. The van der Waals surface area contributed by atoms with Gasteiger partial charge in [-0.1, -0.05) is 5.16 Å². The lowest BCUT2D eigenvalue weighted by Crippen LogP contribution is -2.36. The molecule has 0 saturated carbocycles. The van der Waals surface area contributed by atoms with Crippen LogP contribution in [0.5, 0.6) is 0 Å². The average molecular weight is 282 g/mol. The largest absolute Gasteiger partial charge is 0.475 e. The monoisotopic (exact) mass is 282 g/mol. The Morgan fingerprint density at radius 3 is 2.80 bits per heavy atom. The van der Waals surface area contributed by atoms with Crippen LogP contribution in [0.25, 0.3) is 0 Å². The van der Waals surface area contributed by atoms with E-state index in [9.17, 15) is 9.59 Å². The predicted octanol–water partition coefficient (Wildman–Crippen LogP) is 2.44. The Kier molecular flexibility index (Phi) is 3.69. The average Bonchev–Trinajstić information content (AvgIpc) is 2.95. The van der Waals surface area contributed by atoms with Crippen LogP contribution < -0.4 is 0 Å². The number of carboxylic acid groups (broad SMARTS) is 1. The number of aromatic carboxylic acids is 1. The van der Waals surface area contributed by atoms with Gasteiger partial charge in [-0.2, -0.15) is 0 Å². The van der Waals surface area contributed by atoms with Gasteiger partial charge in [0.2, 0.25) is 5.76 Å². The van der Waals surface area contributed by atoms with Crippen molar-refractivity contribution >= 4 is 12.1 Å². The zero-order chi connectivity index (χ0) is 14.9. The normalized spacial score (nSPS) is 19.1. The van der Waals surface area contributed by atoms with Crippen molar-refractivity contribution in [2.45, 2.75) is 45.3 Å². The van der Waals surface area contributed by atoms with E-state index in [1.807, 2.05) is 0 Å². The summed E-state index contributed by atoms with van der Waals surface area (Å²) in [4.78, 5) is 24.8. The minimum atomic E-state index is -1.19. The van der Waals surface area contributed by atoms with Crippen LogP contribution in [-0.4, -0.2) is 39.4 Å². The van der Waals surface area contributed by atoms with Crippen molar-refractivity contribution < 1.29 is 24.0 Å². The fraction of sp³-hybridized carbons (Fsp3) is 0.615. The van der Waals surface area contributed by atoms with Gasteiger partial charge in [-0.3, -0.25) is 0 Å². The molecule has 1 aromatic rings. The van der Waals surface area contributed by atoms with Crippen LogP contribution in [0.4, 0.5) is 4.79 Å². The molecule has 1 fully saturated rings. The first-order chi connectivity index (χ1) is 9.29. The number of ether oxygens (including phenoxy) is 1. The third kappa shape index (κ3) is 2.92. The molecule has 1 unspecified atom stereocenters. The fourth-order valence-electron chi connectivity index (χ4n) is 2.28. The molecule has 7 heteroatoms. The highest BCUT2D eigenvalue weighted by molar-refractivity contribution is 5.86. The van der Waals surface area contributed by atoms with E-state index in [4.69, 9.17) is 14.4 Å². The van der Waals surface area contributed by atoms with Crippen LogP contribution in [-0.2, 0) is 4.74 Å².